The van der Waals surface area contributed by atoms with Crippen molar-refractivity contribution in [1.29, 1.82) is 0 Å². The van der Waals surface area contributed by atoms with Crippen LogP contribution in [0.3, 0.4) is 0 Å². The van der Waals surface area contributed by atoms with Gasteiger partial charge in [0.05, 0.1) is 0 Å². The quantitative estimate of drug-likeness (QED) is 0.832. The number of carboxylic acid groups (broad SMARTS) is 1. The van der Waals surface area contributed by atoms with Gasteiger partial charge in [0.15, 0.2) is 0 Å². The van der Waals surface area contributed by atoms with Crippen LogP contribution in [0.15, 0.2) is 0 Å². The van der Waals surface area contributed by atoms with Crippen LogP contribution in [0.5, 0.6) is 0 Å². The van der Waals surface area contributed by atoms with Gasteiger partial charge in [-0.2, -0.15) is 17.0 Å². The van der Waals surface area contributed by atoms with Gasteiger partial charge in [-0.25, -0.2) is 0 Å². The number of carbonyl (C=O) groups is 1. The molecule has 2 fully saturated rings. The summed E-state index contributed by atoms with van der Waals surface area (Å²) in [7, 11) is -3.64. The number of nitrogens with zero attached hydrogens (tertiary/aromatic N) is 2. The fourth-order valence-corrected chi connectivity index (χ4v) is 5.26. The highest BCUT2D eigenvalue weighted by Crippen LogP contribution is 2.28. The van der Waals surface area contributed by atoms with Crippen molar-refractivity contribution < 1.29 is 18.3 Å². The first-order chi connectivity index (χ1) is 8.82. The molecule has 0 bridgehead atoms. The van der Waals surface area contributed by atoms with E-state index in [4.69, 9.17) is 5.11 Å². The fourth-order valence-electron chi connectivity index (χ4n) is 3.21. The highest BCUT2D eigenvalue weighted by Gasteiger charge is 2.43. The molecule has 3 atom stereocenters. The van der Waals surface area contributed by atoms with Crippen molar-refractivity contribution in [1.82, 2.24) is 8.61 Å². The van der Waals surface area contributed by atoms with E-state index in [2.05, 4.69) is 0 Å². The van der Waals surface area contributed by atoms with Crippen LogP contribution in [0.1, 0.15) is 33.1 Å². The third-order valence-electron chi connectivity index (χ3n) is 3.95. The molecule has 2 unspecified atom stereocenters. The normalized spacial score (nSPS) is 34.5. The highest BCUT2D eigenvalue weighted by molar-refractivity contribution is 7.86. The monoisotopic (exact) mass is 290 g/mol. The third-order valence-corrected chi connectivity index (χ3v) is 5.93. The van der Waals surface area contributed by atoms with Crippen LogP contribution < -0.4 is 0 Å². The maximum atomic E-state index is 12.6. The summed E-state index contributed by atoms with van der Waals surface area (Å²) < 4.78 is 27.8. The molecule has 0 spiro atoms. The Kier molecular flexibility index (Phi) is 4.17. The fraction of sp³-hybridized carbons (Fsp3) is 0.917. The van der Waals surface area contributed by atoms with Crippen molar-refractivity contribution in [3.05, 3.63) is 0 Å². The second kappa shape index (κ2) is 5.38. The SMILES string of the molecule is CC1CC(C)CN(S(=O)(=O)N2CCC[C@H]2C(=O)O)C1. The lowest BCUT2D eigenvalue weighted by Crippen LogP contribution is -2.52. The number of piperidine rings is 1. The summed E-state index contributed by atoms with van der Waals surface area (Å²) in [5.41, 5.74) is 0. The van der Waals surface area contributed by atoms with E-state index in [1.54, 1.807) is 0 Å². The van der Waals surface area contributed by atoms with Gasteiger partial charge in [0.1, 0.15) is 6.04 Å². The Hall–Kier alpha value is -0.660. The topological polar surface area (TPSA) is 77.9 Å². The van der Waals surface area contributed by atoms with E-state index in [-0.39, 0.29) is 0 Å². The Bertz CT molecular complexity index is 441. The molecule has 2 rings (SSSR count). The van der Waals surface area contributed by atoms with Crippen molar-refractivity contribution in [2.45, 2.75) is 39.2 Å². The van der Waals surface area contributed by atoms with Crippen molar-refractivity contribution in [3.63, 3.8) is 0 Å². The minimum absolute atomic E-state index is 0.318. The molecule has 0 amide bonds. The minimum Gasteiger partial charge on any atom is -0.480 e. The second-order valence-corrected chi connectivity index (χ2v) is 7.76. The van der Waals surface area contributed by atoms with E-state index in [1.165, 1.54) is 8.61 Å². The molecule has 110 valence electrons. The molecule has 1 N–H and O–H groups in total. The largest absolute Gasteiger partial charge is 0.480 e. The molecule has 0 aliphatic carbocycles. The van der Waals surface area contributed by atoms with Gasteiger partial charge in [-0.1, -0.05) is 13.8 Å². The van der Waals surface area contributed by atoms with Gasteiger partial charge in [0.2, 0.25) is 0 Å². The number of rotatable bonds is 3. The smallest absolute Gasteiger partial charge is 0.322 e. The maximum absolute atomic E-state index is 12.6. The summed E-state index contributed by atoms with van der Waals surface area (Å²) in [5, 5.41) is 9.12. The number of carboxylic acids is 1. The first-order valence-corrected chi connectivity index (χ1v) is 8.21. The van der Waals surface area contributed by atoms with Gasteiger partial charge < -0.3 is 5.11 Å². The Morgan fingerprint density at radius 3 is 2.32 bits per heavy atom. The van der Waals surface area contributed by atoms with Crippen LogP contribution in [0.2, 0.25) is 0 Å². The standard InChI is InChI=1S/C12H22N2O4S/c1-9-6-10(2)8-13(7-9)19(17,18)14-5-3-4-11(14)12(15)16/h9-11H,3-8H2,1-2H3,(H,15,16)/t9?,10?,11-/m0/s1. The molecule has 0 aromatic rings. The van der Waals surface area contributed by atoms with Crippen LogP contribution in [-0.4, -0.2) is 53.8 Å². The van der Waals surface area contributed by atoms with E-state index in [9.17, 15) is 13.2 Å². The van der Waals surface area contributed by atoms with Gasteiger partial charge in [0.25, 0.3) is 10.2 Å². The molecule has 0 aromatic carbocycles. The van der Waals surface area contributed by atoms with E-state index in [0.717, 1.165) is 6.42 Å². The summed E-state index contributed by atoms with van der Waals surface area (Å²) >= 11 is 0. The van der Waals surface area contributed by atoms with E-state index < -0.39 is 22.2 Å². The predicted octanol–water partition coefficient (Wildman–Crippen LogP) is 0.758. The van der Waals surface area contributed by atoms with Crippen molar-refractivity contribution in [2.75, 3.05) is 19.6 Å². The Balaban J connectivity index is 2.19. The van der Waals surface area contributed by atoms with Crippen LogP contribution in [0.4, 0.5) is 0 Å². The first kappa shape index (κ1) is 14.7. The van der Waals surface area contributed by atoms with Gasteiger partial charge in [-0.3, -0.25) is 4.79 Å². The molecular weight excluding hydrogens is 268 g/mol. The average molecular weight is 290 g/mol. The number of hydrogen-bond donors (Lipinski definition) is 1. The molecule has 19 heavy (non-hydrogen) atoms. The maximum Gasteiger partial charge on any atom is 0.322 e. The molecule has 7 heteroatoms. The number of hydrogen-bond acceptors (Lipinski definition) is 3. The zero-order valence-corrected chi connectivity index (χ0v) is 12.3. The third kappa shape index (κ3) is 2.93. The second-order valence-electron chi connectivity index (χ2n) is 5.88. The summed E-state index contributed by atoms with van der Waals surface area (Å²) in [6, 6.07) is -0.891. The van der Waals surface area contributed by atoms with Crippen LogP contribution in [-0.2, 0) is 15.0 Å². The average Bonchev–Trinajstić information content (AvgIpc) is 2.76. The van der Waals surface area contributed by atoms with Crippen LogP contribution in [0.25, 0.3) is 0 Å². The molecule has 0 aromatic heterocycles. The number of aliphatic carboxylic acids is 1. The Labute approximate surface area is 114 Å². The lowest BCUT2D eigenvalue weighted by atomic mass is 9.94. The summed E-state index contributed by atoms with van der Waals surface area (Å²) in [6.45, 7) is 5.39. The molecule has 0 radical (unpaired) electrons. The summed E-state index contributed by atoms with van der Waals surface area (Å²) in [5.74, 6) is -0.395. The van der Waals surface area contributed by atoms with Crippen molar-refractivity contribution in [2.24, 2.45) is 11.8 Å². The molecule has 2 heterocycles. The van der Waals surface area contributed by atoms with E-state index >= 15 is 0 Å². The molecular formula is C12H22N2O4S. The Morgan fingerprint density at radius 1 is 1.21 bits per heavy atom. The van der Waals surface area contributed by atoms with E-state index in [1.807, 2.05) is 13.8 Å². The highest BCUT2D eigenvalue weighted by atomic mass is 32.2. The molecule has 6 nitrogen and oxygen atoms in total. The predicted molar refractivity (Wildman–Crippen MR) is 70.8 cm³/mol. The van der Waals surface area contributed by atoms with Gasteiger partial charge >= 0.3 is 5.97 Å². The van der Waals surface area contributed by atoms with Crippen LogP contribution in [0, 0.1) is 11.8 Å². The first-order valence-electron chi connectivity index (χ1n) is 6.82. The van der Waals surface area contributed by atoms with Gasteiger partial charge in [0, 0.05) is 19.6 Å². The zero-order valence-electron chi connectivity index (χ0n) is 11.4. The van der Waals surface area contributed by atoms with Gasteiger partial charge in [-0.15, -0.1) is 0 Å². The summed E-state index contributed by atoms with van der Waals surface area (Å²) in [4.78, 5) is 11.1. The lowest BCUT2D eigenvalue weighted by molar-refractivity contribution is -0.140. The van der Waals surface area contributed by atoms with Crippen LogP contribution >= 0.6 is 0 Å². The Morgan fingerprint density at radius 2 is 1.79 bits per heavy atom. The zero-order chi connectivity index (χ0) is 14.2. The van der Waals surface area contributed by atoms with Crippen molar-refractivity contribution >= 4 is 16.2 Å². The molecule has 2 aliphatic rings. The van der Waals surface area contributed by atoms with E-state index in [0.29, 0.717) is 44.3 Å². The lowest BCUT2D eigenvalue weighted by Gasteiger charge is -2.37. The molecule has 0 saturated carbocycles. The molecule has 2 aliphatic heterocycles. The summed E-state index contributed by atoms with van der Waals surface area (Å²) in [6.07, 6.45) is 2.05. The van der Waals surface area contributed by atoms with Gasteiger partial charge in [-0.05, 0) is 31.1 Å². The molecule has 2 saturated heterocycles. The van der Waals surface area contributed by atoms with Crippen molar-refractivity contribution in [3.8, 4) is 0 Å². The minimum atomic E-state index is -3.64.